The molecule has 2 aromatic rings. The second kappa shape index (κ2) is 3.94. The Hall–Kier alpha value is -2.29. The summed E-state index contributed by atoms with van der Waals surface area (Å²) in [5.74, 6) is -0.452. The van der Waals surface area contributed by atoms with Crippen LogP contribution in [0.5, 0.6) is 11.8 Å². The van der Waals surface area contributed by atoms with Crippen molar-refractivity contribution in [1.82, 2.24) is 14.6 Å². The zero-order valence-corrected chi connectivity index (χ0v) is 9.55. The van der Waals surface area contributed by atoms with Crippen LogP contribution in [-0.4, -0.2) is 24.8 Å². The van der Waals surface area contributed by atoms with Gasteiger partial charge >= 0.3 is 0 Å². The van der Waals surface area contributed by atoms with Crippen molar-refractivity contribution in [3.63, 3.8) is 0 Å². The van der Waals surface area contributed by atoms with Crippen LogP contribution in [0, 0.1) is 11.3 Å². The smallest absolute Gasteiger partial charge is 0.223 e. The maximum atomic E-state index is 10.0. The second-order valence-electron chi connectivity index (χ2n) is 3.89. The number of fused-ring (bicyclic) bond motifs is 1. The molecule has 2 aromatic heterocycles. The van der Waals surface area contributed by atoms with Crippen LogP contribution in [-0.2, 0) is 0 Å². The van der Waals surface area contributed by atoms with Gasteiger partial charge < -0.3 is 10.2 Å². The molecule has 6 heteroatoms. The van der Waals surface area contributed by atoms with Crippen molar-refractivity contribution in [2.45, 2.75) is 26.2 Å². The molecule has 0 radical (unpaired) electrons. The highest BCUT2D eigenvalue weighted by atomic mass is 16.3. The molecule has 0 amide bonds. The van der Waals surface area contributed by atoms with Crippen molar-refractivity contribution in [3.8, 4) is 17.8 Å². The summed E-state index contributed by atoms with van der Waals surface area (Å²) in [5.41, 5.74) is 0.730. The Labute approximate surface area is 97.8 Å². The van der Waals surface area contributed by atoms with Crippen LogP contribution in [0.15, 0.2) is 6.20 Å². The zero-order valence-electron chi connectivity index (χ0n) is 9.55. The van der Waals surface area contributed by atoms with Gasteiger partial charge in [0, 0.05) is 0 Å². The summed E-state index contributed by atoms with van der Waals surface area (Å²) < 4.78 is 1.17. The van der Waals surface area contributed by atoms with E-state index in [0.717, 1.165) is 6.42 Å². The molecule has 0 aliphatic rings. The van der Waals surface area contributed by atoms with Gasteiger partial charge in [-0.3, -0.25) is 0 Å². The molecule has 0 aliphatic heterocycles. The van der Waals surface area contributed by atoms with E-state index in [0.29, 0.717) is 5.56 Å². The fourth-order valence-corrected chi connectivity index (χ4v) is 1.70. The van der Waals surface area contributed by atoms with E-state index in [1.165, 1.54) is 10.7 Å². The van der Waals surface area contributed by atoms with Crippen molar-refractivity contribution >= 4 is 5.65 Å². The summed E-state index contributed by atoms with van der Waals surface area (Å²) in [4.78, 5) is 3.91. The van der Waals surface area contributed by atoms with E-state index < -0.39 is 0 Å². The second-order valence-corrected chi connectivity index (χ2v) is 3.89. The van der Waals surface area contributed by atoms with Gasteiger partial charge in [0.1, 0.15) is 11.6 Å². The predicted octanol–water partition coefficient (Wildman–Crippen LogP) is 1.53. The van der Waals surface area contributed by atoms with E-state index in [2.05, 4.69) is 10.1 Å². The zero-order chi connectivity index (χ0) is 12.6. The molecule has 1 unspecified atom stereocenters. The third kappa shape index (κ3) is 1.56. The first-order chi connectivity index (χ1) is 8.10. The van der Waals surface area contributed by atoms with Crippen LogP contribution in [0.1, 0.15) is 37.3 Å². The third-order valence-corrected chi connectivity index (χ3v) is 2.86. The van der Waals surface area contributed by atoms with Gasteiger partial charge in [0.15, 0.2) is 5.65 Å². The van der Waals surface area contributed by atoms with Crippen LogP contribution in [0.4, 0.5) is 0 Å². The topological polar surface area (TPSA) is 94.4 Å². The van der Waals surface area contributed by atoms with Gasteiger partial charge in [0.2, 0.25) is 11.8 Å². The van der Waals surface area contributed by atoms with Gasteiger partial charge in [0.25, 0.3) is 0 Å². The minimum Gasteiger partial charge on any atom is -0.493 e. The van der Waals surface area contributed by atoms with Crippen LogP contribution >= 0.6 is 0 Å². The summed E-state index contributed by atoms with van der Waals surface area (Å²) >= 11 is 0. The van der Waals surface area contributed by atoms with Gasteiger partial charge in [-0.05, 0) is 12.3 Å². The summed E-state index contributed by atoms with van der Waals surface area (Å²) in [6.45, 7) is 3.81. The standard InChI is InChI=1S/C11H12N4O2/c1-3-6(2)8-10(16)14-9-7(4-12)5-13-15(9)11(8)17/h5-6,17H,3H2,1-2H3,(H,14,16). The highest BCUT2D eigenvalue weighted by molar-refractivity contribution is 5.58. The number of aromatic nitrogens is 3. The first-order valence-electron chi connectivity index (χ1n) is 5.29. The highest BCUT2D eigenvalue weighted by Crippen LogP contribution is 2.34. The average Bonchev–Trinajstić information content (AvgIpc) is 2.71. The lowest BCUT2D eigenvalue weighted by molar-refractivity contribution is 0.392. The van der Waals surface area contributed by atoms with Crippen LogP contribution in [0.3, 0.4) is 0 Å². The molecule has 0 bridgehead atoms. The summed E-state index contributed by atoms with van der Waals surface area (Å²) in [7, 11) is 0. The van der Waals surface area contributed by atoms with Crippen molar-refractivity contribution < 1.29 is 10.2 Å². The minimum absolute atomic E-state index is 0.0402. The molecule has 0 saturated carbocycles. The molecule has 2 heterocycles. The molecule has 0 aromatic carbocycles. The monoisotopic (exact) mass is 232 g/mol. The summed E-state index contributed by atoms with van der Waals surface area (Å²) in [5, 5.41) is 32.5. The molecule has 88 valence electrons. The highest BCUT2D eigenvalue weighted by Gasteiger charge is 2.21. The molecule has 17 heavy (non-hydrogen) atoms. The first-order valence-corrected chi connectivity index (χ1v) is 5.29. The average molecular weight is 232 g/mol. The van der Waals surface area contributed by atoms with Crippen molar-refractivity contribution in [3.05, 3.63) is 17.3 Å². The van der Waals surface area contributed by atoms with E-state index in [4.69, 9.17) is 5.26 Å². The maximum absolute atomic E-state index is 10.0. The Morgan fingerprint density at radius 3 is 2.82 bits per heavy atom. The molecule has 2 rings (SSSR count). The molecule has 2 N–H and O–H groups in total. The fourth-order valence-electron chi connectivity index (χ4n) is 1.70. The molecule has 0 saturated heterocycles. The molecular formula is C11H12N4O2. The molecule has 1 atom stereocenters. The number of nitrogens with zero attached hydrogens (tertiary/aromatic N) is 4. The molecule has 0 aliphatic carbocycles. The Kier molecular flexibility index (Phi) is 2.60. The third-order valence-electron chi connectivity index (χ3n) is 2.86. The first kappa shape index (κ1) is 11.2. The van der Waals surface area contributed by atoms with E-state index in [9.17, 15) is 10.2 Å². The van der Waals surface area contributed by atoms with Gasteiger partial charge in [0.05, 0.1) is 11.8 Å². The molecule has 0 spiro atoms. The lowest BCUT2D eigenvalue weighted by Gasteiger charge is -2.12. The van der Waals surface area contributed by atoms with Crippen molar-refractivity contribution in [2.75, 3.05) is 0 Å². The van der Waals surface area contributed by atoms with Crippen molar-refractivity contribution in [2.24, 2.45) is 0 Å². The summed E-state index contributed by atoms with van der Waals surface area (Å²) in [6, 6.07) is 1.90. The molecule has 0 fully saturated rings. The van der Waals surface area contributed by atoms with Gasteiger partial charge in [-0.1, -0.05) is 13.8 Å². The Morgan fingerprint density at radius 1 is 1.53 bits per heavy atom. The fraction of sp³-hybridized carbons (Fsp3) is 0.364. The van der Waals surface area contributed by atoms with E-state index in [1.807, 2.05) is 19.9 Å². The summed E-state index contributed by atoms with van der Waals surface area (Å²) in [6.07, 6.45) is 2.06. The van der Waals surface area contributed by atoms with Gasteiger partial charge in [-0.25, -0.2) is 0 Å². The van der Waals surface area contributed by atoms with Crippen molar-refractivity contribution in [1.29, 1.82) is 5.26 Å². The lowest BCUT2D eigenvalue weighted by atomic mass is 10.0. The number of hydrogen-bond acceptors (Lipinski definition) is 5. The van der Waals surface area contributed by atoms with Crippen LogP contribution in [0.25, 0.3) is 5.65 Å². The SMILES string of the molecule is CCC(C)c1c(O)nc2c(C#N)cnn2c1O. The van der Waals surface area contributed by atoms with Crippen LogP contribution in [0.2, 0.25) is 0 Å². The van der Waals surface area contributed by atoms with E-state index >= 15 is 0 Å². The van der Waals surface area contributed by atoms with Crippen LogP contribution < -0.4 is 0 Å². The van der Waals surface area contributed by atoms with E-state index in [1.54, 1.807) is 0 Å². The number of nitriles is 1. The van der Waals surface area contributed by atoms with E-state index in [-0.39, 0.29) is 28.9 Å². The Balaban J connectivity index is 2.78. The number of rotatable bonds is 2. The Morgan fingerprint density at radius 2 is 2.24 bits per heavy atom. The largest absolute Gasteiger partial charge is 0.493 e. The lowest BCUT2D eigenvalue weighted by Crippen LogP contribution is -2.01. The molecule has 6 nitrogen and oxygen atoms in total. The predicted molar refractivity (Wildman–Crippen MR) is 59.7 cm³/mol. The maximum Gasteiger partial charge on any atom is 0.223 e. The van der Waals surface area contributed by atoms with Gasteiger partial charge in [-0.2, -0.15) is 19.9 Å². The molecular weight excluding hydrogens is 220 g/mol. The number of hydrogen-bond donors (Lipinski definition) is 2. The quantitative estimate of drug-likeness (QED) is 0.818. The minimum atomic E-state index is -0.249. The van der Waals surface area contributed by atoms with Gasteiger partial charge in [-0.15, -0.1) is 0 Å². The Bertz CT molecular complexity index is 612. The number of aromatic hydroxyl groups is 2. The normalized spacial score (nSPS) is 12.5.